The maximum absolute atomic E-state index is 12.4. The Morgan fingerprint density at radius 3 is 2.86 bits per heavy atom. The zero-order chi connectivity index (χ0) is 15.6. The van der Waals surface area contributed by atoms with Gasteiger partial charge in [0.2, 0.25) is 5.91 Å². The highest BCUT2D eigenvalue weighted by Gasteiger charge is 2.51. The van der Waals surface area contributed by atoms with Crippen LogP contribution >= 0.6 is 11.6 Å². The molecule has 4 nitrogen and oxygen atoms in total. The minimum atomic E-state index is -0.655. The second-order valence-electron chi connectivity index (χ2n) is 6.44. The predicted octanol–water partition coefficient (Wildman–Crippen LogP) is 2.28. The zero-order valence-electron chi connectivity index (χ0n) is 12.6. The van der Waals surface area contributed by atoms with Crippen molar-refractivity contribution in [3.63, 3.8) is 0 Å². The summed E-state index contributed by atoms with van der Waals surface area (Å²) in [6.07, 6.45) is 3.46. The van der Waals surface area contributed by atoms with Crippen molar-refractivity contribution in [3.8, 4) is 0 Å². The second kappa shape index (κ2) is 6.57. The number of benzene rings is 1. The van der Waals surface area contributed by atoms with E-state index < -0.39 is 11.5 Å². The Labute approximate surface area is 135 Å². The minimum Gasteiger partial charge on any atom is -0.389 e. The molecule has 1 amide bonds. The van der Waals surface area contributed by atoms with E-state index >= 15 is 0 Å². The molecule has 0 spiro atoms. The number of carbonyl (C=O) groups excluding carboxylic acids is 1. The molecule has 2 saturated carbocycles. The van der Waals surface area contributed by atoms with Gasteiger partial charge in [0, 0.05) is 18.2 Å². The van der Waals surface area contributed by atoms with E-state index in [1.54, 1.807) is 6.07 Å². The van der Waals surface area contributed by atoms with E-state index in [1.165, 1.54) is 12.8 Å². The van der Waals surface area contributed by atoms with E-state index in [0.29, 0.717) is 10.9 Å². The van der Waals surface area contributed by atoms with Gasteiger partial charge in [0.15, 0.2) is 0 Å². The summed E-state index contributed by atoms with van der Waals surface area (Å²) in [6, 6.07) is 7.46. The minimum absolute atomic E-state index is 0.0315. The molecule has 1 atom stereocenters. The van der Waals surface area contributed by atoms with Crippen LogP contribution in [-0.2, 0) is 14.9 Å². The first-order valence-electron chi connectivity index (χ1n) is 7.90. The highest BCUT2D eigenvalue weighted by molar-refractivity contribution is 6.30. The lowest BCUT2D eigenvalue weighted by molar-refractivity contribution is -0.124. The smallest absolute Gasteiger partial charge is 0.230 e. The van der Waals surface area contributed by atoms with Crippen LogP contribution in [0.15, 0.2) is 24.3 Å². The van der Waals surface area contributed by atoms with Crippen molar-refractivity contribution in [1.82, 2.24) is 5.32 Å². The SMILES string of the molecule is O=C(NCC(O)COCC1CC1)C1(c2cccc(Cl)c2)CC1. The van der Waals surface area contributed by atoms with Crippen molar-refractivity contribution in [3.05, 3.63) is 34.9 Å². The molecule has 5 heteroatoms. The second-order valence-corrected chi connectivity index (χ2v) is 6.87. The average Bonchev–Trinajstić information content (AvgIpc) is 3.37. The van der Waals surface area contributed by atoms with Crippen LogP contribution in [0.4, 0.5) is 0 Å². The van der Waals surface area contributed by atoms with Crippen LogP contribution in [0.1, 0.15) is 31.2 Å². The number of nitrogens with one attached hydrogen (secondary N) is 1. The van der Waals surface area contributed by atoms with Gasteiger partial charge in [-0.25, -0.2) is 0 Å². The summed E-state index contributed by atoms with van der Waals surface area (Å²) in [5, 5.41) is 13.4. The van der Waals surface area contributed by atoms with E-state index in [4.69, 9.17) is 16.3 Å². The molecule has 120 valence electrons. The molecule has 22 heavy (non-hydrogen) atoms. The summed E-state index contributed by atoms with van der Waals surface area (Å²) in [5.74, 6) is 0.648. The third kappa shape index (κ3) is 3.80. The Morgan fingerprint density at radius 1 is 1.45 bits per heavy atom. The van der Waals surface area contributed by atoms with Crippen LogP contribution in [0, 0.1) is 5.92 Å². The molecule has 2 aliphatic rings. The summed E-state index contributed by atoms with van der Waals surface area (Å²) >= 11 is 6.01. The molecule has 0 aromatic heterocycles. The molecule has 0 radical (unpaired) electrons. The molecule has 0 saturated heterocycles. The number of hydrogen-bond donors (Lipinski definition) is 2. The van der Waals surface area contributed by atoms with Gasteiger partial charge in [-0.3, -0.25) is 4.79 Å². The van der Waals surface area contributed by atoms with E-state index in [0.717, 1.165) is 25.0 Å². The van der Waals surface area contributed by atoms with Gasteiger partial charge in [-0.15, -0.1) is 0 Å². The zero-order valence-corrected chi connectivity index (χ0v) is 13.3. The summed E-state index contributed by atoms with van der Waals surface area (Å²) < 4.78 is 5.43. The Kier molecular flexibility index (Phi) is 4.71. The van der Waals surface area contributed by atoms with Gasteiger partial charge in [0.25, 0.3) is 0 Å². The normalized spacial score (nSPS) is 20.5. The lowest BCUT2D eigenvalue weighted by atomic mass is 9.95. The molecular weight excluding hydrogens is 302 g/mol. The number of aliphatic hydroxyl groups excluding tert-OH is 1. The summed E-state index contributed by atoms with van der Waals surface area (Å²) in [7, 11) is 0. The fourth-order valence-electron chi connectivity index (χ4n) is 2.65. The molecule has 3 rings (SSSR count). The molecule has 2 N–H and O–H groups in total. The first-order valence-corrected chi connectivity index (χ1v) is 8.28. The molecule has 1 aromatic rings. The molecule has 2 fully saturated rings. The maximum Gasteiger partial charge on any atom is 0.230 e. The van der Waals surface area contributed by atoms with Crippen LogP contribution in [0.25, 0.3) is 0 Å². The number of hydrogen-bond acceptors (Lipinski definition) is 3. The van der Waals surface area contributed by atoms with E-state index in [9.17, 15) is 9.90 Å². The largest absolute Gasteiger partial charge is 0.389 e. The Morgan fingerprint density at radius 2 is 2.23 bits per heavy atom. The molecule has 0 bridgehead atoms. The molecule has 0 heterocycles. The van der Waals surface area contributed by atoms with Gasteiger partial charge in [-0.05, 0) is 49.3 Å². The van der Waals surface area contributed by atoms with E-state index in [-0.39, 0.29) is 19.1 Å². The van der Waals surface area contributed by atoms with Gasteiger partial charge >= 0.3 is 0 Å². The molecule has 0 aliphatic heterocycles. The van der Waals surface area contributed by atoms with Crippen molar-refractivity contribution in [2.24, 2.45) is 5.92 Å². The number of ether oxygens (including phenoxy) is 1. The Balaban J connectivity index is 1.46. The number of rotatable bonds is 8. The first kappa shape index (κ1) is 15.8. The van der Waals surface area contributed by atoms with E-state index in [2.05, 4.69) is 5.32 Å². The average molecular weight is 324 g/mol. The number of halogens is 1. The standard InChI is InChI=1S/C17H22ClNO3/c18-14-3-1-2-13(8-14)17(6-7-17)16(21)19-9-15(20)11-22-10-12-4-5-12/h1-3,8,12,15,20H,4-7,9-11H2,(H,19,21). The summed E-state index contributed by atoms with van der Waals surface area (Å²) in [5.41, 5.74) is 0.497. The molecule has 1 aromatic carbocycles. The van der Waals surface area contributed by atoms with Crippen molar-refractivity contribution in [1.29, 1.82) is 0 Å². The highest BCUT2D eigenvalue weighted by Crippen LogP contribution is 2.48. The third-order valence-electron chi connectivity index (χ3n) is 4.42. The predicted molar refractivity (Wildman–Crippen MR) is 84.9 cm³/mol. The van der Waals surface area contributed by atoms with Crippen LogP contribution in [0.2, 0.25) is 5.02 Å². The van der Waals surface area contributed by atoms with Gasteiger partial charge in [0.05, 0.1) is 18.1 Å². The quantitative estimate of drug-likeness (QED) is 0.771. The maximum atomic E-state index is 12.4. The first-order chi connectivity index (χ1) is 10.6. The molecule has 2 aliphatic carbocycles. The highest BCUT2D eigenvalue weighted by atomic mass is 35.5. The number of aliphatic hydroxyl groups is 1. The lowest BCUT2D eigenvalue weighted by Crippen LogP contribution is -2.40. The van der Waals surface area contributed by atoms with E-state index in [1.807, 2.05) is 18.2 Å². The number of carbonyl (C=O) groups is 1. The summed E-state index contributed by atoms with van der Waals surface area (Å²) in [6.45, 7) is 1.23. The molecule has 1 unspecified atom stereocenters. The molecular formula is C17H22ClNO3. The van der Waals surface area contributed by atoms with Crippen LogP contribution in [0.3, 0.4) is 0 Å². The van der Waals surface area contributed by atoms with Gasteiger partial charge in [0.1, 0.15) is 0 Å². The Bertz CT molecular complexity index is 540. The van der Waals surface area contributed by atoms with Gasteiger partial charge in [-0.1, -0.05) is 23.7 Å². The van der Waals surface area contributed by atoms with Gasteiger partial charge in [-0.2, -0.15) is 0 Å². The Hall–Kier alpha value is -1.10. The van der Waals surface area contributed by atoms with Crippen molar-refractivity contribution in [2.45, 2.75) is 37.2 Å². The fraction of sp³-hybridized carbons (Fsp3) is 0.588. The topological polar surface area (TPSA) is 58.6 Å². The lowest BCUT2D eigenvalue weighted by Gasteiger charge is -2.18. The van der Waals surface area contributed by atoms with Crippen molar-refractivity contribution < 1.29 is 14.6 Å². The summed E-state index contributed by atoms with van der Waals surface area (Å²) in [4.78, 5) is 12.4. The van der Waals surface area contributed by atoms with Crippen LogP contribution in [-0.4, -0.2) is 36.9 Å². The van der Waals surface area contributed by atoms with Gasteiger partial charge < -0.3 is 15.2 Å². The van der Waals surface area contributed by atoms with Crippen LogP contribution < -0.4 is 5.32 Å². The van der Waals surface area contributed by atoms with Crippen molar-refractivity contribution >= 4 is 17.5 Å². The monoisotopic (exact) mass is 323 g/mol. The van der Waals surface area contributed by atoms with Crippen molar-refractivity contribution in [2.75, 3.05) is 19.8 Å². The third-order valence-corrected chi connectivity index (χ3v) is 4.66. The number of amides is 1. The fourth-order valence-corrected chi connectivity index (χ4v) is 2.84. The van der Waals surface area contributed by atoms with Crippen LogP contribution in [0.5, 0.6) is 0 Å².